The number of carboxylic acids is 1. The Labute approximate surface area is 178 Å². The summed E-state index contributed by atoms with van der Waals surface area (Å²) in [5, 5.41) is 8.28. The fourth-order valence-corrected chi connectivity index (χ4v) is 1.06. The number of halogens is 5. The zero-order valence-electron chi connectivity index (χ0n) is 11.4. The summed E-state index contributed by atoms with van der Waals surface area (Å²) in [4.78, 5) is 20.3. The summed E-state index contributed by atoms with van der Waals surface area (Å²) in [6.07, 6.45) is 3.17. The van der Waals surface area contributed by atoms with Crippen molar-refractivity contribution >= 4 is 86.4 Å². The molecule has 0 spiro atoms. The first kappa shape index (κ1) is 28.3. The largest absolute Gasteiger partial charge is 0.464 e. The second kappa shape index (κ2) is 22.5. The number of nitrogens with two attached hydrogens (primary N) is 2. The average molecular weight is 867 g/mol. The van der Waals surface area contributed by atoms with Crippen LogP contribution >= 0.6 is 74.5 Å². The Balaban J connectivity index is -0.000000239. The van der Waals surface area contributed by atoms with Crippen LogP contribution < -0.4 is 24.7 Å². The molecular formula is C10H20I5N2O4-. The standard InChI is InChI=1S/C6H13NO2.C4H7NO2.I3.I2/c1-2-3-4-5(7)6(8)9;5-3-1-2-7-4(3)6;1-3-2;1-2/h5H,2-4,7H2,1H3,(H,8,9);3H,1-2,5H2;;/q;;-1;. The van der Waals surface area contributed by atoms with E-state index in [1.54, 1.807) is 0 Å². The van der Waals surface area contributed by atoms with Crippen LogP contribution in [0.5, 0.6) is 0 Å². The van der Waals surface area contributed by atoms with Gasteiger partial charge < -0.3 is 21.3 Å². The number of carboxylic acid groups (broad SMARTS) is 1. The smallest absolute Gasteiger partial charge is 0.323 e. The third kappa shape index (κ3) is 22.5. The molecule has 21 heavy (non-hydrogen) atoms. The molecule has 0 aromatic carbocycles. The molecule has 1 fully saturated rings. The second-order valence-electron chi connectivity index (χ2n) is 3.70. The van der Waals surface area contributed by atoms with E-state index in [-0.39, 0.29) is 12.0 Å². The minimum atomic E-state index is -0.900. The van der Waals surface area contributed by atoms with E-state index in [1.807, 2.05) is 6.92 Å². The van der Waals surface area contributed by atoms with Gasteiger partial charge in [0.05, 0.1) is 6.61 Å². The van der Waals surface area contributed by atoms with Gasteiger partial charge in [0.15, 0.2) is 0 Å². The number of hydrogen-bond donors (Lipinski definition) is 3. The van der Waals surface area contributed by atoms with Gasteiger partial charge in [-0.2, -0.15) is 0 Å². The molecule has 1 saturated heterocycles. The van der Waals surface area contributed by atoms with Crippen molar-refractivity contribution in [3.63, 3.8) is 0 Å². The van der Waals surface area contributed by atoms with Gasteiger partial charge in [0.2, 0.25) is 0 Å². The zero-order valence-corrected chi connectivity index (χ0v) is 22.2. The fraction of sp³-hybridized carbons (Fsp3) is 0.800. The Bertz CT molecular complexity index is 262. The van der Waals surface area contributed by atoms with Crippen LogP contribution in [-0.4, -0.2) is 35.7 Å². The van der Waals surface area contributed by atoms with Crippen LogP contribution in [0, 0.1) is 0 Å². The van der Waals surface area contributed by atoms with Gasteiger partial charge in [-0.1, -0.05) is 19.8 Å². The molecule has 2 atom stereocenters. The van der Waals surface area contributed by atoms with Crippen molar-refractivity contribution in [2.45, 2.75) is 44.7 Å². The molecule has 1 aliphatic heterocycles. The number of carbonyl (C=O) groups excluding carboxylic acids is 1. The Morgan fingerprint density at radius 3 is 2.19 bits per heavy atom. The molecule has 2 unspecified atom stereocenters. The molecule has 0 radical (unpaired) electrons. The van der Waals surface area contributed by atoms with Crippen molar-refractivity contribution in [2.24, 2.45) is 11.5 Å². The summed E-state index contributed by atoms with van der Waals surface area (Å²) in [5.41, 5.74) is 10.4. The van der Waals surface area contributed by atoms with E-state index in [0.29, 0.717) is 32.7 Å². The SMILES string of the molecule is CCCCC(N)C(=O)O.II.I[I-]I.NC1CCOC1=O. The van der Waals surface area contributed by atoms with E-state index in [1.165, 1.54) is 0 Å². The summed E-state index contributed by atoms with van der Waals surface area (Å²) in [7, 11) is 0. The van der Waals surface area contributed by atoms with Crippen LogP contribution in [0.4, 0.5) is 0 Å². The van der Waals surface area contributed by atoms with Crippen LogP contribution in [0.25, 0.3) is 0 Å². The van der Waals surface area contributed by atoms with Crippen LogP contribution in [0.1, 0.15) is 32.6 Å². The molecule has 0 aromatic heterocycles. The molecule has 6 nitrogen and oxygen atoms in total. The van der Waals surface area contributed by atoms with E-state index in [2.05, 4.69) is 79.2 Å². The summed E-state index contributed by atoms with van der Waals surface area (Å²) in [6, 6.07) is -1.01. The van der Waals surface area contributed by atoms with Gasteiger partial charge in [-0.3, -0.25) is 9.59 Å². The number of hydrogen-bond acceptors (Lipinski definition) is 5. The first-order valence-corrected chi connectivity index (χ1v) is 24.7. The van der Waals surface area contributed by atoms with Crippen LogP contribution in [0.2, 0.25) is 0 Å². The van der Waals surface area contributed by atoms with E-state index in [0.717, 1.165) is 12.8 Å². The van der Waals surface area contributed by atoms with Crippen LogP contribution in [0.3, 0.4) is 0 Å². The number of cyclic esters (lactones) is 1. The van der Waals surface area contributed by atoms with Gasteiger partial charge in [-0.05, 0) is 6.42 Å². The van der Waals surface area contributed by atoms with E-state index in [9.17, 15) is 9.59 Å². The Morgan fingerprint density at radius 1 is 1.52 bits per heavy atom. The number of rotatable bonds is 4. The first-order valence-electron chi connectivity index (χ1n) is 5.82. The molecule has 0 aromatic rings. The van der Waals surface area contributed by atoms with Gasteiger partial charge in [0, 0.05) is 43.7 Å². The minimum absolute atomic E-state index is 0.264. The molecule has 0 bridgehead atoms. The number of carbonyl (C=O) groups is 2. The van der Waals surface area contributed by atoms with E-state index < -0.39 is 12.0 Å². The van der Waals surface area contributed by atoms with Crippen LogP contribution in [-0.2, 0) is 14.3 Å². The van der Waals surface area contributed by atoms with Crippen molar-refractivity contribution in [3.05, 3.63) is 0 Å². The van der Waals surface area contributed by atoms with Gasteiger partial charge in [0.1, 0.15) is 12.1 Å². The molecule has 1 heterocycles. The molecule has 0 saturated carbocycles. The minimum Gasteiger partial charge on any atom is -0.464 e. The third-order valence-electron chi connectivity index (χ3n) is 2.16. The maximum atomic E-state index is 10.2. The van der Waals surface area contributed by atoms with Crippen molar-refractivity contribution in [2.75, 3.05) is 6.61 Å². The summed E-state index contributed by atoms with van der Waals surface area (Å²) < 4.78 is 4.50. The van der Waals surface area contributed by atoms with Crippen molar-refractivity contribution in [1.29, 1.82) is 0 Å². The molecule has 1 rings (SSSR count). The van der Waals surface area contributed by atoms with E-state index in [4.69, 9.17) is 16.6 Å². The summed E-state index contributed by atoms with van der Waals surface area (Å²) in [5.74, 6) is -1.16. The molecule has 1 aliphatic rings. The predicted molar refractivity (Wildman–Crippen MR) is 115 cm³/mol. The Hall–Kier alpha value is 2.51. The third-order valence-corrected chi connectivity index (χ3v) is 2.16. The molecule has 5 N–H and O–H groups in total. The maximum Gasteiger partial charge on any atom is 0.323 e. The monoisotopic (exact) mass is 867 g/mol. The topological polar surface area (TPSA) is 116 Å². The fourth-order valence-electron chi connectivity index (χ4n) is 1.06. The first-order chi connectivity index (χ1) is 9.90. The normalized spacial score (nSPS) is 17.1. The zero-order chi connectivity index (χ0) is 17.3. The molecular weight excluding hydrogens is 847 g/mol. The second-order valence-corrected chi connectivity index (χ2v) is 19.9. The van der Waals surface area contributed by atoms with Gasteiger partial charge in [0.25, 0.3) is 0 Å². The number of aliphatic carboxylic acids is 1. The molecule has 0 aliphatic carbocycles. The van der Waals surface area contributed by atoms with Gasteiger partial charge >= 0.3 is 62.4 Å². The van der Waals surface area contributed by atoms with Gasteiger partial charge in [-0.25, -0.2) is 0 Å². The van der Waals surface area contributed by atoms with Gasteiger partial charge in [-0.15, -0.1) is 0 Å². The Morgan fingerprint density at radius 2 is 2.00 bits per heavy atom. The van der Waals surface area contributed by atoms with Crippen molar-refractivity contribution in [3.8, 4) is 0 Å². The summed E-state index contributed by atoms with van der Waals surface area (Å²) >= 11 is 9.54. The Kier molecular flexibility index (Phi) is 30.4. The van der Waals surface area contributed by atoms with Crippen molar-refractivity contribution < 1.29 is 32.7 Å². The number of ether oxygens (including phenoxy) is 1. The molecule has 11 heteroatoms. The molecule has 130 valence electrons. The van der Waals surface area contributed by atoms with E-state index >= 15 is 0 Å². The predicted octanol–water partition coefficient (Wildman–Crippen LogP) is 0.396. The van der Waals surface area contributed by atoms with Crippen molar-refractivity contribution in [1.82, 2.24) is 0 Å². The quantitative estimate of drug-likeness (QED) is 0.279. The number of unbranched alkanes of at least 4 members (excludes halogenated alkanes) is 1. The average Bonchev–Trinajstić information content (AvgIpc) is 2.84. The van der Waals surface area contributed by atoms with Crippen LogP contribution in [0.15, 0.2) is 0 Å². The molecule has 0 amide bonds. The maximum absolute atomic E-state index is 10.2. The number of esters is 1. The summed E-state index contributed by atoms with van der Waals surface area (Å²) in [6.45, 7) is 2.51.